The van der Waals surface area contributed by atoms with Gasteiger partial charge in [-0.1, -0.05) is 18.7 Å². The number of hydrogen-bond acceptors (Lipinski definition) is 3. The van der Waals surface area contributed by atoms with Crippen molar-refractivity contribution in [1.29, 1.82) is 0 Å². The number of benzene rings is 1. The molecule has 0 aliphatic carbocycles. The minimum atomic E-state index is 0.596. The molecule has 0 aliphatic heterocycles. The number of nitrogens with zero attached hydrogens (tertiary/aromatic N) is 1. The van der Waals surface area contributed by atoms with E-state index >= 15 is 0 Å². The number of rotatable bonds is 10. The van der Waals surface area contributed by atoms with Crippen LogP contribution in [0.15, 0.2) is 42.0 Å². The van der Waals surface area contributed by atoms with Crippen LogP contribution in [-0.2, 0) is 6.42 Å². The van der Waals surface area contributed by atoms with Gasteiger partial charge in [0.2, 0.25) is 0 Å². The highest BCUT2D eigenvalue weighted by molar-refractivity contribution is 5.80. The minimum Gasteiger partial charge on any atom is -0.494 e. The van der Waals surface area contributed by atoms with E-state index in [9.17, 15) is 0 Å². The Hall–Kier alpha value is -1.81. The number of unbranched alkanes of at least 4 members (excludes halogenated alkanes) is 1. The van der Waals surface area contributed by atoms with Crippen molar-refractivity contribution in [3.05, 3.63) is 42.6 Å². The van der Waals surface area contributed by atoms with E-state index in [4.69, 9.17) is 16.2 Å². The maximum atomic E-state index is 5.66. The summed E-state index contributed by atoms with van der Waals surface area (Å²) in [5.41, 5.74) is 12.5. The molecule has 0 aromatic heterocycles. The van der Waals surface area contributed by atoms with E-state index in [0.29, 0.717) is 12.4 Å². The molecule has 110 valence electrons. The summed E-state index contributed by atoms with van der Waals surface area (Å²) in [6, 6.07) is 8.25. The lowest BCUT2D eigenvalue weighted by Gasteiger charge is -2.07. The monoisotopic (exact) mass is 275 g/mol. The van der Waals surface area contributed by atoms with Crippen molar-refractivity contribution in [3.8, 4) is 5.75 Å². The van der Waals surface area contributed by atoms with Gasteiger partial charge in [0.15, 0.2) is 0 Å². The first-order valence-corrected chi connectivity index (χ1v) is 7.11. The largest absolute Gasteiger partial charge is 0.494 e. The van der Waals surface area contributed by atoms with Gasteiger partial charge in [0, 0.05) is 12.6 Å². The van der Waals surface area contributed by atoms with Crippen LogP contribution in [0.2, 0.25) is 0 Å². The van der Waals surface area contributed by atoms with Gasteiger partial charge in [-0.3, -0.25) is 0 Å². The van der Waals surface area contributed by atoms with Crippen LogP contribution >= 0.6 is 0 Å². The van der Waals surface area contributed by atoms with E-state index in [0.717, 1.165) is 44.4 Å². The summed E-state index contributed by atoms with van der Waals surface area (Å²) in [7, 11) is 0. The molecule has 0 unspecified atom stereocenters. The Morgan fingerprint density at radius 1 is 1.20 bits per heavy atom. The van der Waals surface area contributed by atoms with Crippen LogP contribution < -0.4 is 16.2 Å². The Morgan fingerprint density at radius 2 is 1.95 bits per heavy atom. The van der Waals surface area contributed by atoms with Gasteiger partial charge in [0.1, 0.15) is 5.75 Å². The molecule has 0 bridgehead atoms. The van der Waals surface area contributed by atoms with E-state index in [1.54, 1.807) is 0 Å². The van der Waals surface area contributed by atoms with Crippen LogP contribution in [-0.4, -0.2) is 19.0 Å². The molecule has 4 nitrogen and oxygen atoms in total. The van der Waals surface area contributed by atoms with Gasteiger partial charge >= 0.3 is 0 Å². The first-order valence-electron chi connectivity index (χ1n) is 7.11. The van der Waals surface area contributed by atoms with Crippen LogP contribution in [0.25, 0.3) is 0 Å². The summed E-state index contributed by atoms with van der Waals surface area (Å²) in [6.07, 6.45) is 6.32. The quantitative estimate of drug-likeness (QED) is 0.391. The topological polar surface area (TPSA) is 73.6 Å². The van der Waals surface area contributed by atoms with Crippen molar-refractivity contribution in [1.82, 2.24) is 0 Å². The SMILES string of the molecule is C=CN=C(N)CCCOc1ccc(CCCCN)cc1. The highest BCUT2D eigenvalue weighted by Crippen LogP contribution is 2.14. The Kier molecular flexibility index (Phi) is 8.15. The van der Waals surface area contributed by atoms with Gasteiger partial charge < -0.3 is 16.2 Å². The fourth-order valence-corrected chi connectivity index (χ4v) is 1.85. The molecule has 0 radical (unpaired) electrons. The molecule has 1 rings (SSSR count). The first-order chi connectivity index (χ1) is 9.76. The second-order valence-corrected chi connectivity index (χ2v) is 4.64. The van der Waals surface area contributed by atoms with Gasteiger partial charge in [-0.25, -0.2) is 4.99 Å². The lowest BCUT2D eigenvalue weighted by Crippen LogP contribution is -2.12. The molecule has 20 heavy (non-hydrogen) atoms. The number of nitrogens with two attached hydrogens (primary N) is 2. The lowest BCUT2D eigenvalue weighted by molar-refractivity contribution is 0.313. The van der Waals surface area contributed by atoms with E-state index in [1.165, 1.54) is 11.8 Å². The van der Waals surface area contributed by atoms with Crippen molar-refractivity contribution >= 4 is 5.84 Å². The van der Waals surface area contributed by atoms with Crippen LogP contribution in [0.3, 0.4) is 0 Å². The molecule has 0 fully saturated rings. The Morgan fingerprint density at radius 3 is 2.60 bits per heavy atom. The number of hydrogen-bond donors (Lipinski definition) is 2. The van der Waals surface area contributed by atoms with Crippen LogP contribution in [0, 0.1) is 0 Å². The Labute approximate surface area is 121 Å². The summed E-state index contributed by atoms with van der Waals surface area (Å²) in [5, 5.41) is 0. The number of aliphatic imine (C=N–C) groups is 1. The number of amidine groups is 1. The number of ether oxygens (including phenoxy) is 1. The fraction of sp³-hybridized carbons (Fsp3) is 0.438. The minimum absolute atomic E-state index is 0.596. The zero-order valence-electron chi connectivity index (χ0n) is 12.1. The Balaban J connectivity index is 2.24. The zero-order chi connectivity index (χ0) is 14.6. The standard InChI is InChI=1S/C16H25N3O/c1-2-19-16(18)7-5-13-20-15-10-8-14(9-11-15)6-3-4-12-17/h2,8-11H,1,3-7,12-13,17H2,(H2,18,19). The highest BCUT2D eigenvalue weighted by Gasteiger charge is 1.97. The predicted molar refractivity (Wildman–Crippen MR) is 85.0 cm³/mol. The summed E-state index contributed by atoms with van der Waals surface area (Å²) in [4.78, 5) is 3.91. The van der Waals surface area contributed by atoms with E-state index < -0.39 is 0 Å². The third-order valence-corrected chi connectivity index (χ3v) is 2.95. The smallest absolute Gasteiger partial charge is 0.119 e. The van der Waals surface area contributed by atoms with Gasteiger partial charge in [0.25, 0.3) is 0 Å². The Bertz CT molecular complexity index is 412. The molecule has 0 aliphatic rings. The molecule has 0 atom stereocenters. The third kappa shape index (κ3) is 6.95. The molecule has 1 aromatic rings. The van der Waals surface area contributed by atoms with Crippen molar-refractivity contribution in [3.63, 3.8) is 0 Å². The molecule has 0 saturated heterocycles. The van der Waals surface area contributed by atoms with Crippen molar-refractivity contribution in [2.24, 2.45) is 16.5 Å². The van der Waals surface area contributed by atoms with Crippen LogP contribution in [0.4, 0.5) is 0 Å². The van der Waals surface area contributed by atoms with Crippen molar-refractivity contribution in [2.45, 2.75) is 32.1 Å². The molecule has 4 heteroatoms. The van der Waals surface area contributed by atoms with Crippen molar-refractivity contribution < 1.29 is 4.74 Å². The molecule has 0 amide bonds. The van der Waals surface area contributed by atoms with E-state index in [-0.39, 0.29) is 0 Å². The lowest BCUT2D eigenvalue weighted by atomic mass is 10.1. The van der Waals surface area contributed by atoms with E-state index in [2.05, 4.69) is 23.7 Å². The second-order valence-electron chi connectivity index (χ2n) is 4.64. The van der Waals surface area contributed by atoms with E-state index in [1.807, 2.05) is 12.1 Å². The fourth-order valence-electron chi connectivity index (χ4n) is 1.85. The molecule has 4 N–H and O–H groups in total. The molecular formula is C16H25N3O. The van der Waals surface area contributed by atoms with Gasteiger partial charge in [-0.2, -0.15) is 0 Å². The first kappa shape index (κ1) is 16.2. The average Bonchev–Trinajstić information content (AvgIpc) is 2.46. The molecule has 0 spiro atoms. The molecule has 1 aromatic carbocycles. The number of aryl methyl sites for hydroxylation is 1. The van der Waals surface area contributed by atoms with Crippen LogP contribution in [0.1, 0.15) is 31.2 Å². The molecular weight excluding hydrogens is 250 g/mol. The predicted octanol–water partition coefficient (Wildman–Crippen LogP) is 2.63. The summed E-state index contributed by atoms with van der Waals surface area (Å²) < 4.78 is 5.66. The zero-order valence-corrected chi connectivity index (χ0v) is 12.1. The van der Waals surface area contributed by atoms with Gasteiger partial charge in [-0.05, 0) is 49.9 Å². The maximum Gasteiger partial charge on any atom is 0.119 e. The summed E-state index contributed by atoms with van der Waals surface area (Å²) in [6.45, 7) is 4.91. The molecule has 0 heterocycles. The average molecular weight is 275 g/mol. The second kappa shape index (κ2) is 10.0. The van der Waals surface area contributed by atoms with Gasteiger partial charge in [0.05, 0.1) is 12.4 Å². The normalized spacial score (nSPS) is 11.3. The third-order valence-electron chi connectivity index (χ3n) is 2.95. The van der Waals surface area contributed by atoms with Crippen molar-refractivity contribution in [2.75, 3.05) is 13.2 Å². The maximum absolute atomic E-state index is 5.66. The highest BCUT2D eigenvalue weighted by atomic mass is 16.5. The summed E-state index contributed by atoms with van der Waals surface area (Å²) in [5.74, 6) is 1.49. The summed E-state index contributed by atoms with van der Waals surface area (Å²) >= 11 is 0. The van der Waals surface area contributed by atoms with Crippen LogP contribution in [0.5, 0.6) is 5.75 Å². The van der Waals surface area contributed by atoms with Gasteiger partial charge in [-0.15, -0.1) is 0 Å². The molecule has 0 saturated carbocycles.